The number of likely N-dealkylation sites (tertiary alicyclic amines) is 1. The molecule has 0 radical (unpaired) electrons. The Hall–Kier alpha value is -1.83. The summed E-state index contributed by atoms with van der Waals surface area (Å²) in [5.74, 6) is -1.87. The normalized spacial score (nSPS) is 19.6. The van der Waals surface area contributed by atoms with Gasteiger partial charge in [0, 0.05) is 26.8 Å². The Morgan fingerprint density at radius 1 is 1.50 bits per heavy atom. The van der Waals surface area contributed by atoms with Gasteiger partial charge in [-0.05, 0) is 19.3 Å². The van der Waals surface area contributed by atoms with E-state index in [1.54, 1.807) is 0 Å². The Labute approximate surface area is 117 Å². The molecular formula is C12H21N3O5. The minimum absolute atomic E-state index is 0.242. The van der Waals surface area contributed by atoms with E-state index in [0.717, 1.165) is 0 Å². The summed E-state index contributed by atoms with van der Waals surface area (Å²) < 4.78 is 4.85. The Balaban J connectivity index is 2.46. The molecule has 8 nitrogen and oxygen atoms in total. The molecule has 0 saturated carbocycles. The van der Waals surface area contributed by atoms with Gasteiger partial charge in [-0.3, -0.25) is 4.79 Å². The number of ether oxygens (including phenoxy) is 1. The van der Waals surface area contributed by atoms with Crippen LogP contribution in [0.2, 0.25) is 0 Å². The van der Waals surface area contributed by atoms with Gasteiger partial charge in [-0.25, -0.2) is 9.59 Å². The highest BCUT2D eigenvalue weighted by Gasteiger charge is 2.31. The van der Waals surface area contributed by atoms with Gasteiger partial charge in [-0.1, -0.05) is 0 Å². The SMILES string of the molecule is COCCCC(NC(=O)N1CCC(C(N)=O)C1)C(=O)O. The van der Waals surface area contributed by atoms with E-state index in [-0.39, 0.29) is 12.5 Å². The third kappa shape index (κ3) is 4.69. The summed E-state index contributed by atoms with van der Waals surface area (Å²) in [6.07, 6.45) is 1.35. The lowest BCUT2D eigenvalue weighted by molar-refractivity contribution is -0.139. The fourth-order valence-electron chi connectivity index (χ4n) is 2.11. The summed E-state index contributed by atoms with van der Waals surface area (Å²) >= 11 is 0. The standard InChI is InChI=1S/C12H21N3O5/c1-20-6-2-3-9(11(17)18)14-12(19)15-5-4-8(7-15)10(13)16/h8-9H,2-7H2,1H3,(H2,13,16)(H,14,19)(H,17,18). The molecule has 0 aliphatic carbocycles. The van der Waals surface area contributed by atoms with Gasteiger partial charge in [-0.2, -0.15) is 0 Å². The molecule has 1 saturated heterocycles. The molecule has 1 aliphatic rings. The highest BCUT2D eigenvalue weighted by molar-refractivity contribution is 5.84. The second kappa shape index (κ2) is 7.68. The summed E-state index contributed by atoms with van der Waals surface area (Å²) in [7, 11) is 1.53. The second-order valence-corrected chi connectivity index (χ2v) is 4.81. The van der Waals surface area contributed by atoms with E-state index < -0.39 is 23.9 Å². The molecule has 0 bridgehead atoms. The summed E-state index contributed by atoms with van der Waals surface area (Å²) in [5.41, 5.74) is 5.19. The van der Waals surface area contributed by atoms with Crippen LogP contribution in [0.5, 0.6) is 0 Å². The molecule has 8 heteroatoms. The number of hydrogen-bond acceptors (Lipinski definition) is 4. The Bertz CT molecular complexity index is 374. The van der Waals surface area contributed by atoms with E-state index in [1.165, 1.54) is 12.0 Å². The first-order valence-electron chi connectivity index (χ1n) is 6.52. The number of carbonyl (C=O) groups is 3. The number of carbonyl (C=O) groups excluding carboxylic acids is 2. The largest absolute Gasteiger partial charge is 0.480 e. The Kier molecular flexibility index (Phi) is 6.23. The number of carboxylic acid groups (broad SMARTS) is 1. The van der Waals surface area contributed by atoms with Crippen molar-refractivity contribution in [1.82, 2.24) is 10.2 Å². The van der Waals surface area contributed by atoms with E-state index in [9.17, 15) is 14.4 Å². The van der Waals surface area contributed by atoms with Crippen LogP contribution >= 0.6 is 0 Å². The number of nitrogens with zero attached hydrogens (tertiary/aromatic N) is 1. The van der Waals surface area contributed by atoms with E-state index in [4.69, 9.17) is 15.6 Å². The molecule has 2 unspecified atom stereocenters. The Morgan fingerprint density at radius 3 is 2.70 bits per heavy atom. The topological polar surface area (TPSA) is 122 Å². The number of aliphatic carboxylic acids is 1. The lowest BCUT2D eigenvalue weighted by atomic mass is 10.1. The molecule has 4 N–H and O–H groups in total. The van der Waals surface area contributed by atoms with Crippen molar-refractivity contribution < 1.29 is 24.2 Å². The van der Waals surface area contributed by atoms with Crippen molar-refractivity contribution in [2.24, 2.45) is 11.7 Å². The van der Waals surface area contributed by atoms with Crippen LogP contribution in [0, 0.1) is 5.92 Å². The van der Waals surface area contributed by atoms with Gasteiger partial charge in [0.15, 0.2) is 0 Å². The third-order valence-corrected chi connectivity index (χ3v) is 3.31. The van der Waals surface area contributed by atoms with Crippen molar-refractivity contribution in [3.05, 3.63) is 0 Å². The maximum atomic E-state index is 11.9. The van der Waals surface area contributed by atoms with E-state index >= 15 is 0 Å². The maximum absolute atomic E-state index is 11.9. The van der Waals surface area contributed by atoms with Gasteiger partial charge in [0.05, 0.1) is 5.92 Å². The minimum Gasteiger partial charge on any atom is -0.480 e. The summed E-state index contributed by atoms with van der Waals surface area (Å²) in [6.45, 7) is 1.09. The highest BCUT2D eigenvalue weighted by Crippen LogP contribution is 2.15. The number of rotatable bonds is 7. The van der Waals surface area contributed by atoms with Crippen molar-refractivity contribution in [2.75, 3.05) is 26.8 Å². The van der Waals surface area contributed by atoms with Crippen LogP contribution in [0.1, 0.15) is 19.3 Å². The fraction of sp³-hybridized carbons (Fsp3) is 0.750. The fourth-order valence-corrected chi connectivity index (χ4v) is 2.11. The molecule has 0 aromatic carbocycles. The molecule has 1 aliphatic heterocycles. The molecular weight excluding hydrogens is 266 g/mol. The number of urea groups is 1. The van der Waals surface area contributed by atoms with Crippen LogP contribution in [0.15, 0.2) is 0 Å². The van der Waals surface area contributed by atoms with E-state index in [2.05, 4.69) is 5.32 Å². The van der Waals surface area contributed by atoms with Crippen molar-refractivity contribution in [3.8, 4) is 0 Å². The van der Waals surface area contributed by atoms with E-state index in [1.807, 2.05) is 0 Å². The predicted octanol–water partition coefficient (Wildman–Crippen LogP) is -0.617. The van der Waals surface area contributed by atoms with Crippen LogP contribution in [0.3, 0.4) is 0 Å². The van der Waals surface area contributed by atoms with Gasteiger partial charge >= 0.3 is 12.0 Å². The zero-order valence-corrected chi connectivity index (χ0v) is 11.5. The number of primary amides is 1. The molecule has 0 aromatic heterocycles. The van der Waals surface area contributed by atoms with Crippen LogP contribution in [-0.2, 0) is 14.3 Å². The number of nitrogens with two attached hydrogens (primary N) is 1. The molecule has 0 aromatic rings. The van der Waals surface area contributed by atoms with Gasteiger partial charge in [0.25, 0.3) is 0 Å². The smallest absolute Gasteiger partial charge is 0.326 e. The van der Waals surface area contributed by atoms with Crippen molar-refractivity contribution in [3.63, 3.8) is 0 Å². The minimum atomic E-state index is -1.08. The second-order valence-electron chi connectivity index (χ2n) is 4.81. The molecule has 2 atom stereocenters. The monoisotopic (exact) mass is 287 g/mol. The van der Waals surface area contributed by atoms with Gasteiger partial charge < -0.3 is 25.8 Å². The van der Waals surface area contributed by atoms with Crippen LogP contribution in [-0.4, -0.2) is 60.8 Å². The number of amides is 3. The molecule has 1 rings (SSSR count). The zero-order valence-electron chi connectivity index (χ0n) is 11.5. The number of hydrogen-bond donors (Lipinski definition) is 3. The van der Waals surface area contributed by atoms with Gasteiger partial charge in [-0.15, -0.1) is 0 Å². The van der Waals surface area contributed by atoms with Gasteiger partial charge in [0.1, 0.15) is 6.04 Å². The average Bonchev–Trinajstić information content (AvgIpc) is 2.87. The predicted molar refractivity (Wildman–Crippen MR) is 69.9 cm³/mol. The highest BCUT2D eigenvalue weighted by atomic mass is 16.5. The molecule has 1 fully saturated rings. The quantitative estimate of drug-likeness (QED) is 0.539. The van der Waals surface area contributed by atoms with Crippen LogP contribution in [0.4, 0.5) is 4.79 Å². The number of methoxy groups -OCH3 is 1. The van der Waals surface area contributed by atoms with E-state index in [0.29, 0.717) is 32.4 Å². The first-order valence-corrected chi connectivity index (χ1v) is 6.52. The first-order chi connectivity index (χ1) is 9.45. The Morgan fingerprint density at radius 2 is 2.20 bits per heavy atom. The molecule has 0 spiro atoms. The first kappa shape index (κ1) is 16.2. The van der Waals surface area contributed by atoms with Crippen LogP contribution < -0.4 is 11.1 Å². The number of nitrogens with one attached hydrogen (secondary N) is 1. The molecule has 3 amide bonds. The van der Waals surface area contributed by atoms with Crippen molar-refractivity contribution >= 4 is 17.9 Å². The van der Waals surface area contributed by atoms with Gasteiger partial charge in [0.2, 0.25) is 5.91 Å². The average molecular weight is 287 g/mol. The lowest BCUT2D eigenvalue weighted by Gasteiger charge is -2.20. The maximum Gasteiger partial charge on any atom is 0.326 e. The molecule has 20 heavy (non-hydrogen) atoms. The molecule has 1 heterocycles. The summed E-state index contributed by atoms with van der Waals surface area (Å²) in [4.78, 5) is 35.4. The van der Waals surface area contributed by atoms with Crippen molar-refractivity contribution in [2.45, 2.75) is 25.3 Å². The van der Waals surface area contributed by atoms with Crippen LogP contribution in [0.25, 0.3) is 0 Å². The third-order valence-electron chi connectivity index (χ3n) is 3.31. The zero-order chi connectivity index (χ0) is 15.1. The van der Waals surface area contributed by atoms with Crippen molar-refractivity contribution in [1.29, 1.82) is 0 Å². The lowest BCUT2D eigenvalue weighted by Crippen LogP contribution is -2.47. The summed E-state index contributed by atoms with van der Waals surface area (Å²) in [5, 5.41) is 11.5. The number of carboxylic acids is 1. The molecule has 114 valence electrons. The summed E-state index contributed by atoms with van der Waals surface area (Å²) in [6, 6.07) is -1.43.